The summed E-state index contributed by atoms with van der Waals surface area (Å²) in [5, 5.41) is 3.59. The quantitative estimate of drug-likeness (QED) is 0.751. The molecule has 1 atom stereocenters. The zero-order valence-corrected chi connectivity index (χ0v) is 18.3. The topological polar surface area (TPSA) is 92.5 Å². The molecular formula is C21H26ClN3O4S. The van der Waals surface area contributed by atoms with Crippen LogP contribution >= 0.6 is 11.6 Å². The van der Waals surface area contributed by atoms with E-state index in [1.165, 1.54) is 4.31 Å². The molecule has 3 fully saturated rings. The fraction of sp³-hybridized carbons (Fsp3) is 0.619. The highest BCUT2D eigenvalue weighted by atomic mass is 35.5. The van der Waals surface area contributed by atoms with Crippen LogP contribution < -0.4 is 5.32 Å². The number of halogens is 1. The minimum absolute atomic E-state index is 0.0107. The van der Waals surface area contributed by atoms with Gasteiger partial charge < -0.3 is 9.73 Å². The Kier molecular flexibility index (Phi) is 5.27. The van der Waals surface area contributed by atoms with Gasteiger partial charge in [-0.15, -0.1) is 0 Å². The molecule has 1 aromatic heterocycles. The standard InChI is InChI=1S/C21H26ClN3O4S/c22-15-3-8-19-18(11-15)24-21(29-19)13-1-4-16(5-2-13)23-20(26)14-9-10-25(12-14)30(27,28)17-6-7-17/h3,8,11,13-14,16-17H,1-2,4-7,9-10,12H2,(H,23,26). The molecule has 1 N–H and O–H groups in total. The summed E-state index contributed by atoms with van der Waals surface area (Å²) in [6.45, 7) is 0.789. The number of fused-ring (bicyclic) bond motifs is 1. The molecular weight excluding hydrogens is 426 g/mol. The molecule has 1 aromatic carbocycles. The monoisotopic (exact) mass is 451 g/mol. The first-order valence-corrected chi connectivity index (χ1v) is 12.6. The van der Waals surface area contributed by atoms with Crippen molar-refractivity contribution in [3.05, 3.63) is 29.1 Å². The molecule has 7 nitrogen and oxygen atoms in total. The number of rotatable bonds is 5. The molecule has 5 rings (SSSR count). The van der Waals surface area contributed by atoms with Crippen LogP contribution in [0.1, 0.15) is 56.8 Å². The summed E-state index contributed by atoms with van der Waals surface area (Å²) in [4.78, 5) is 17.3. The van der Waals surface area contributed by atoms with Gasteiger partial charge in [-0.25, -0.2) is 17.7 Å². The Morgan fingerprint density at radius 3 is 2.63 bits per heavy atom. The minimum atomic E-state index is -3.19. The minimum Gasteiger partial charge on any atom is -0.440 e. The van der Waals surface area contributed by atoms with Gasteiger partial charge in [0.05, 0.1) is 11.2 Å². The van der Waals surface area contributed by atoms with Gasteiger partial charge in [-0.1, -0.05) is 11.6 Å². The predicted octanol–water partition coefficient (Wildman–Crippen LogP) is 3.44. The lowest BCUT2D eigenvalue weighted by Crippen LogP contribution is -2.42. The molecule has 2 aliphatic carbocycles. The maximum absolute atomic E-state index is 12.7. The zero-order chi connectivity index (χ0) is 20.9. The predicted molar refractivity (Wildman–Crippen MR) is 114 cm³/mol. The van der Waals surface area contributed by atoms with Crippen LogP contribution in [0.4, 0.5) is 0 Å². The van der Waals surface area contributed by atoms with E-state index in [0.29, 0.717) is 24.5 Å². The average molecular weight is 452 g/mol. The van der Waals surface area contributed by atoms with Crippen molar-refractivity contribution in [2.45, 2.75) is 62.2 Å². The molecule has 2 aromatic rings. The van der Waals surface area contributed by atoms with Crippen LogP contribution in [0.5, 0.6) is 0 Å². The molecule has 1 saturated heterocycles. The summed E-state index contributed by atoms with van der Waals surface area (Å²) < 4.78 is 32.2. The second kappa shape index (κ2) is 7.80. The fourth-order valence-electron chi connectivity index (χ4n) is 4.65. The van der Waals surface area contributed by atoms with Crippen LogP contribution in [-0.2, 0) is 14.8 Å². The summed E-state index contributed by atoms with van der Waals surface area (Å²) in [6.07, 6.45) is 5.66. The molecule has 162 valence electrons. The van der Waals surface area contributed by atoms with Crippen molar-refractivity contribution in [1.29, 1.82) is 0 Å². The van der Waals surface area contributed by atoms with E-state index in [1.54, 1.807) is 6.07 Å². The number of oxazole rings is 1. The number of nitrogens with zero attached hydrogens (tertiary/aromatic N) is 2. The molecule has 0 radical (unpaired) electrons. The Labute approximate surface area is 181 Å². The molecule has 2 heterocycles. The van der Waals surface area contributed by atoms with Crippen LogP contribution in [-0.4, -0.2) is 48.0 Å². The van der Waals surface area contributed by atoms with Gasteiger partial charge in [-0.3, -0.25) is 4.79 Å². The van der Waals surface area contributed by atoms with Crippen LogP contribution in [0.25, 0.3) is 11.1 Å². The summed E-state index contributed by atoms with van der Waals surface area (Å²) in [6, 6.07) is 5.57. The van der Waals surface area contributed by atoms with Crippen molar-refractivity contribution in [3.63, 3.8) is 0 Å². The van der Waals surface area contributed by atoms with E-state index in [9.17, 15) is 13.2 Å². The maximum Gasteiger partial charge on any atom is 0.224 e. The number of carbonyl (C=O) groups excluding carboxylic acids is 1. The highest BCUT2D eigenvalue weighted by Crippen LogP contribution is 2.36. The van der Waals surface area contributed by atoms with E-state index >= 15 is 0 Å². The molecule has 0 spiro atoms. The molecule has 2 saturated carbocycles. The Morgan fingerprint density at radius 1 is 1.13 bits per heavy atom. The van der Waals surface area contributed by atoms with E-state index in [1.807, 2.05) is 12.1 Å². The Morgan fingerprint density at radius 2 is 1.90 bits per heavy atom. The first kappa shape index (κ1) is 20.3. The number of carbonyl (C=O) groups is 1. The van der Waals surface area contributed by atoms with Crippen LogP contribution in [0.15, 0.2) is 22.6 Å². The van der Waals surface area contributed by atoms with Gasteiger partial charge in [-0.2, -0.15) is 0 Å². The van der Waals surface area contributed by atoms with E-state index < -0.39 is 10.0 Å². The van der Waals surface area contributed by atoms with Crippen molar-refractivity contribution in [3.8, 4) is 0 Å². The molecule has 1 aliphatic heterocycles. The summed E-state index contributed by atoms with van der Waals surface area (Å²) in [5.74, 6) is 0.741. The molecule has 30 heavy (non-hydrogen) atoms. The first-order valence-electron chi connectivity index (χ1n) is 10.8. The lowest BCUT2D eigenvalue weighted by atomic mass is 9.85. The molecule has 1 unspecified atom stereocenters. The van der Waals surface area contributed by atoms with Gasteiger partial charge in [0.15, 0.2) is 11.5 Å². The number of benzene rings is 1. The summed E-state index contributed by atoms with van der Waals surface area (Å²) in [7, 11) is -3.19. The van der Waals surface area contributed by atoms with E-state index in [4.69, 9.17) is 16.0 Å². The van der Waals surface area contributed by atoms with Gasteiger partial charge in [0.1, 0.15) is 5.52 Å². The molecule has 9 heteroatoms. The van der Waals surface area contributed by atoms with E-state index in [2.05, 4.69) is 10.3 Å². The summed E-state index contributed by atoms with van der Waals surface area (Å²) in [5.41, 5.74) is 1.52. The number of amides is 1. The normalized spacial score (nSPS) is 28.1. The second-order valence-electron chi connectivity index (χ2n) is 8.81. The Hall–Kier alpha value is -1.64. The van der Waals surface area contributed by atoms with Crippen LogP contribution in [0, 0.1) is 5.92 Å². The first-order chi connectivity index (χ1) is 14.4. The average Bonchev–Trinajstić information content (AvgIpc) is 3.32. The van der Waals surface area contributed by atoms with Crippen LogP contribution in [0.2, 0.25) is 5.02 Å². The van der Waals surface area contributed by atoms with Crippen LogP contribution in [0.3, 0.4) is 0 Å². The fourth-order valence-corrected chi connectivity index (χ4v) is 6.71. The Bertz CT molecular complexity index is 1060. The van der Waals surface area contributed by atoms with Gasteiger partial charge in [0.25, 0.3) is 0 Å². The highest BCUT2D eigenvalue weighted by Gasteiger charge is 2.44. The molecule has 1 amide bonds. The number of hydrogen-bond acceptors (Lipinski definition) is 5. The van der Waals surface area contributed by atoms with Gasteiger partial charge in [0.2, 0.25) is 15.9 Å². The third-order valence-electron chi connectivity index (χ3n) is 6.62. The van der Waals surface area contributed by atoms with Crippen molar-refractivity contribution < 1.29 is 17.6 Å². The molecule has 3 aliphatic rings. The number of aromatic nitrogens is 1. The van der Waals surface area contributed by atoms with Gasteiger partial charge in [-0.05, 0) is 63.1 Å². The zero-order valence-electron chi connectivity index (χ0n) is 16.7. The third kappa shape index (κ3) is 3.97. The SMILES string of the molecule is O=C(NC1CCC(c2nc3cc(Cl)ccc3o2)CC1)C1CCN(S(=O)(=O)C2CC2)C1. The van der Waals surface area contributed by atoms with Gasteiger partial charge in [0, 0.05) is 30.1 Å². The third-order valence-corrected chi connectivity index (χ3v) is 9.22. The highest BCUT2D eigenvalue weighted by molar-refractivity contribution is 7.90. The number of nitrogens with one attached hydrogen (secondary N) is 1. The van der Waals surface area contributed by atoms with Gasteiger partial charge >= 0.3 is 0 Å². The Balaban J connectivity index is 1.14. The largest absolute Gasteiger partial charge is 0.440 e. The number of hydrogen-bond donors (Lipinski definition) is 1. The summed E-state index contributed by atoms with van der Waals surface area (Å²) >= 11 is 6.03. The van der Waals surface area contributed by atoms with Crippen molar-refractivity contribution in [2.75, 3.05) is 13.1 Å². The lowest BCUT2D eigenvalue weighted by Gasteiger charge is -2.28. The van der Waals surface area contributed by atoms with Crippen molar-refractivity contribution in [1.82, 2.24) is 14.6 Å². The van der Waals surface area contributed by atoms with E-state index in [-0.39, 0.29) is 29.0 Å². The smallest absolute Gasteiger partial charge is 0.224 e. The van der Waals surface area contributed by atoms with Crippen molar-refractivity contribution in [2.24, 2.45) is 5.92 Å². The molecule has 0 bridgehead atoms. The number of sulfonamides is 1. The second-order valence-corrected chi connectivity index (χ2v) is 11.5. The van der Waals surface area contributed by atoms with Crippen molar-refractivity contribution >= 4 is 38.6 Å². The lowest BCUT2D eigenvalue weighted by molar-refractivity contribution is -0.125. The van der Waals surface area contributed by atoms with E-state index in [0.717, 1.165) is 55.5 Å². The maximum atomic E-state index is 12.7.